The minimum Gasteiger partial charge on any atom is -0.444 e. The zero-order valence-corrected chi connectivity index (χ0v) is 14.1. The second-order valence-electron chi connectivity index (χ2n) is 4.27. The number of benzene rings is 1. The third-order valence-electron chi connectivity index (χ3n) is 2.63. The predicted molar refractivity (Wildman–Crippen MR) is 90.2 cm³/mol. The van der Waals surface area contributed by atoms with Gasteiger partial charge in [-0.2, -0.15) is 0 Å². The van der Waals surface area contributed by atoms with Crippen LogP contribution in [-0.4, -0.2) is 21.9 Å². The van der Waals surface area contributed by atoms with Crippen molar-refractivity contribution in [2.24, 2.45) is 0 Å². The van der Waals surface area contributed by atoms with Crippen LogP contribution in [-0.2, 0) is 0 Å². The molecule has 0 bridgehead atoms. The number of furan rings is 1. The molecule has 1 aromatic carbocycles. The molecule has 24 heavy (non-hydrogen) atoms. The number of nitrogens with one attached hydrogen (secondary N) is 3. The highest BCUT2D eigenvalue weighted by atomic mass is 79.9. The number of hydrogen-bond donors (Lipinski definition) is 3. The largest absolute Gasteiger partial charge is 0.444 e. The molecule has 3 N–H and O–H groups in total. The minimum atomic E-state index is -0.656. The summed E-state index contributed by atoms with van der Waals surface area (Å²) >= 11 is 7.91. The van der Waals surface area contributed by atoms with Crippen molar-refractivity contribution in [2.75, 3.05) is 0 Å². The molecule has 124 valence electrons. The van der Waals surface area contributed by atoms with Crippen LogP contribution in [0.3, 0.4) is 0 Å². The van der Waals surface area contributed by atoms with Crippen molar-refractivity contribution in [1.29, 1.82) is 0 Å². The Morgan fingerprint density at radius 2 is 1.92 bits per heavy atom. The first-order valence-electron chi connectivity index (χ1n) is 6.28. The van der Waals surface area contributed by atoms with Gasteiger partial charge in [-0.25, -0.2) is 0 Å². The number of halogens is 1. The molecule has 2 aromatic rings. The number of rotatable bonds is 3. The fourth-order valence-corrected chi connectivity index (χ4v) is 2.03. The van der Waals surface area contributed by atoms with E-state index in [1.54, 1.807) is 0 Å². The van der Waals surface area contributed by atoms with Crippen molar-refractivity contribution in [1.82, 2.24) is 16.2 Å². The molecule has 0 saturated carbocycles. The molecule has 0 spiro atoms. The van der Waals surface area contributed by atoms with Gasteiger partial charge < -0.3 is 4.42 Å². The van der Waals surface area contributed by atoms with Crippen molar-refractivity contribution in [3.8, 4) is 0 Å². The van der Waals surface area contributed by atoms with Crippen LogP contribution >= 0.6 is 28.1 Å². The van der Waals surface area contributed by atoms with Crippen molar-refractivity contribution < 1.29 is 18.9 Å². The molecule has 0 aliphatic rings. The van der Waals surface area contributed by atoms with Gasteiger partial charge in [0.25, 0.3) is 17.5 Å². The van der Waals surface area contributed by atoms with E-state index in [0.29, 0.717) is 4.67 Å². The van der Waals surface area contributed by atoms with Crippen LogP contribution in [0.5, 0.6) is 0 Å². The maximum absolute atomic E-state index is 11.9. The van der Waals surface area contributed by atoms with Crippen LogP contribution in [0.4, 0.5) is 5.69 Å². The molecular weight excluding hydrogens is 404 g/mol. The van der Waals surface area contributed by atoms with Gasteiger partial charge in [-0.3, -0.25) is 35.9 Å². The lowest BCUT2D eigenvalue weighted by Gasteiger charge is -2.09. The van der Waals surface area contributed by atoms with Gasteiger partial charge >= 0.3 is 0 Å². The number of nitro groups is 1. The van der Waals surface area contributed by atoms with Gasteiger partial charge in [0, 0.05) is 17.7 Å². The summed E-state index contributed by atoms with van der Waals surface area (Å²) in [6, 6.07) is 8.11. The van der Waals surface area contributed by atoms with Gasteiger partial charge in [0.2, 0.25) is 0 Å². The second kappa shape index (κ2) is 7.66. The molecule has 0 unspecified atom stereocenters. The molecule has 0 radical (unpaired) electrons. The topological polar surface area (TPSA) is 127 Å². The van der Waals surface area contributed by atoms with Crippen molar-refractivity contribution in [3.05, 3.63) is 62.5 Å². The molecule has 0 aliphatic heterocycles. The number of carbonyl (C=O) groups is 2. The molecule has 0 atom stereocenters. The fraction of sp³-hybridized carbons (Fsp3) is 0. The van der Waals surface area contributed by atoms with Gasteiger partial charge in [-0.15, -0.1) is 0 Å². The van der Waals surface area contributed by atoms with Gasteiger partial charge in [0.05, 0.1) is 4.92 Å². The third kappa shape index (κ3) is 4.60. The average molecular weight is 413 g/mol. The van der Waals surface area contributed by atoms with Crippen LogP contribution in [0, 0.1) is 10.1 Å². The SMILES string of the molecule is O=C(NNC(=S)NC(=O)c1ccc(Br)o1)c1cccc([N+](=O)[O-])c1. The Bertz CT molecular complexity index is 822. The minimum absolute atomic E-state index is 0.0241. The first-order chi connectivity index (χ1) is 11.4. The molecule has 2 amide bonds. The van der Waals surface area contributed by atoms with Gasteiger partial charge in [0.1, 0.15) is 0 Å². The summed E-state index contributed by atoms with van der Waals surface area (Å²) in [7, 11) is 0. The Kier molecular flexibility index (Phi) is 5.60. The zero-order chi connectivity index (χ0) is 17.7. The van der Waals surface area contributed by atoms with Gasteiger partial charge in [0.15, 0.2) is 15.5 Å². The standard InChI is InChI=1S/C13H9BrN4O5S/c14-10-5-4-9(23-10)12(20)15-13(24)17-16-11(19)7-2-1-3-8(6-7)18(21)22/h1-6H,(H,16,19)(H2,15,17,20,24). The number of thiocarbonyl (C=S) groups is 1. The maximum atomic E-state index is 11.9. The Morgan fingerprint density at radius 1 is 1.17 bits per heavy atom. The highest BCUT2D eigenvalue weighted by Crippen LogP contribution is 2.14. The van der Waals surface area contributed by atoms with E-state index in [1.807, 2.05) is 0 Å². The monoisotopic (exact) mass is 412 g/mol. The smallest absolute Gasteiger partial charge is 0.293 e. The van der Waals surface area contributed by atoms with Crippen LogP contribution in [0.2, 0.25) is 0 Å². The van der Waals surface area contributed by atoms with Crippen molar-refractivity contribution >= 4 is 50.8 Å². The highest BCUT2D eigenvalue weighted by Gasteiger charge is 2.14. The first kappa shape index (κ1) is 17.6. The fourth-order valence-electron chi connectivity index (χ4n) is 1.58. The number of non-ortho nitro benzene ring substituents is 1. The van der Waals surface area contributed by atoms with Crippen molar-refractivity contribution in [2.45, 2.75) is 0 Å². The number of hydrazine groups is 1. The van der Waals surface area contributed by atoms with Crippen LogP contribution in [0.15, 0.2) is 45.5 Å². The van der Waals surface area contributed by atoms with E-state index in [0.717, 1.165) is 6.07 Å². The molecule has 1 heterocycles. The molecule has 1 aromatic heterocycles. The lowest BCUT2D eigenvalue weighted by molar-refractivity contribution is -0.384. The molecule has 9 nitrogen and oxygen atoms in total. The van der Waals surface area contributed by atoms with E-state index >= 15 is 0 Å². The molecule has 0 saturated heterocycles. The van der Waals surface area contributed by atoms with Gasteiger partial charge in [-0.05, 0) is 46.3 Å². The normalized spacial score (nSPS) is 9.88. The lowest BCUT2D eigenvalue weighted by Crippen LogP contribution is -2.48. The summed E-state index contributed by atoms with van der Waals surface area (Å²) < 4.78 is 5.42. The summed E-state index contributed by atoms with van der Waals surface area (Å²) in [4.78, 5) is 33.7. The number of hydrogen-bond acceptors (Lipinski definition) is 6. The lowest BCUT2D eigenvalue weighted by atomic mass is 10.2. The predicted octanol–water partition coefficient (Wildman–Crippen LogP) is 1.90. The molecule has 0 aliphatic carbocycles. The van der Waals surface area contributed by atoms with Crippen LogP contribution < -0.4 is 16.2 Å². The van der Waals surface area contributed by atoms with E-state index in [9.17, 15) is 19.7 Å². The summed E-state index contributed by atoms with van der Waals surface area (Å²) in [6.45, 7) is 0. The molecule has 11 heteroatoms. The first-order valence-corrected chi connectivity index (χ1v) is 7.48. The Morgan fingerprint density at radius 3 is 2.54 bits per heavy atom. The van der Waals surface area contributed by atoms with E-state index in [2.05, 4.69) is 32.1 Å². The van der Waals surface area contributed by atoms with Crippen molar-refractivity contribution in [3.63, 3.8) is 0 Å². The van der Waals surface area contributed by atoms with E-state index in [1.165, 1.54) is 30.3 Å². The highest BCUT2D eigenvalue weighted by molar-refractivity contribution is 9.10. The third-order valence-corrected chi connectivity index (χ3v) is 3.26. The summed E-state index contributed by atoms with van der Waals surface area (Å²) in [5.41, 5.74) is 4.37. The van der Waals surface area contributed by atoms with E-state index < -0.39 is 16.7 Å². The number of nitro benzene ring substituents is 1. The molecular formula is C13H9BrN4O5S. The number of carbonyl (C=O) groups excluding carboxylic acids is 2. The number of amides is 2. The zero-order valence-electron chi connectivity index (χ0n) is 11.7. The Balaban J connectivity index is 1.89. The summed E-state index contributed by atoms with van der Waals surface area (Å²) in [5, 5.41) is 12.8. The quantitative estimate of drug-likeness (QED) is 0.399. The Labute approximate surface area is 148 Å². The average Bonchev–Trinajstić information content (AvgIpc) is 2.99. The van der Waals surface area contributed by atoms with Gasteiger partial charge in [-0.1, -0.05) is 6.07 Å². The summed E-state index contributed by atoms with van der Waals surface area (Å²) in [5.74, 6) is -1.24. The summed E-state index contributed by atoms with van der Waals surface area (Å²) in [6.07, 6.45) is 0. The maximum Gasteiger partial charge on any atom is 0.293 e. The number of nitrogens with zero attached hydrogens (tertiary/aromatic N) is 1. The van der Waals surface area contributed by atoms with Crippen LogP contribution in [0.1, 0.15) is 20.9 Å². The van der Waals surface area contributed by atoms with E-state index in [-0.39, 0.29) is 22.1 Å². The second-order valence-corrected chi connectivity index (χ2v) is 5.46. The Hall–Kier alpha value is -2.79. The van der Waals surface area contributed by atoms with E-state index in [4.69, 9.17) is 16.6 Å². The molecule has 2 rings (SSSR count). The van der Waals surface area contributed by atoms with Crippen LogP contribution in [0.25, 0.3) is 0 Å². The molecule has 0 fully saturated rings.